The maximum absolute atomic E-state index is 12.7. The van der Waals surface area contributed by atoms with E-state index < -0.39 is 17.9 Å². The van der Waals surface area contributed by atoms with Crippen molar-refractivity contribution in [3.05, 3.63) is 48.3 Å². The number of pyridine rings is 1. The van der Waals surface area contributed by atoms with Crippen molar-refractivity contribution < 1.29 is 14.7 Å². The SMILES string of the molecule is CC(C)C[C@H](NC(=O)c1cccc2[nH]c(-c3ccncc3)nc12)C(=O)O. The first-order valence-electron chi connectivity index (χ1n) is 8.38. The normalized spacial score (nSPS) is 12.3. The van der Waals surface area contributed by atoms with Gasteiger partial charge in [-0.05, 0) is 36.6 Å². The van der Waals surface area contributed by atoms with Crippen molar-refractivity contribution in [3.63, 3.8) is 0 Å². The Labute approximate surface area is 150 Å². The van der Waals surface area contributed by atoms with Crippen LogP contribution < -0.4 is 5.32 Å². The Morgan fingerprint density at radius 1 is 1.19 bits per heavy atom. The molecule has 0 bridgehead atoms. The van der Waals surface area contributed by atoms with Gasteiger partial charge in [-0.15, -0.1) is 0 Å². The number of amides is 1. The van der Waals surface area contributed by atoms with Crippen molar-refractivity contribution in [2.45, 2.75) is 26.3 Å². The van der Waals surface area contributed by atoms with E-state index in [0.29, 0.717) is 28.8 Å². The average molecular weight is 352 g/mol. The predicted molar refractivity (Wildman–Crippen MR) is 97.7 cm³/mol. The second kappa shape index (κ2) is 7.35. The summed E-state index contributed by atoms with van der Waals surface area (Å²) in [7, 11) is 0. The molecule has 1 amide bonds. The summed E-state index contributed by atoms with van der Waals surface area (Å²) < 4.78 is 0. The summed E-state index contributed by atoms with van der Waals surface area (Å²) in [6, 6.07) is 7.91. The minimum absolute atomic E-state index is 0.149. The minimum atomic E-state index is -1.04. The molecule has 0 aliphatic heterocycles. The van der Waals surface area contributed by atoms with Crippen LogP contribution in [-0.2, 0) is 4.79 Å². The second-order valence-electron chi connectivity index (χ2n) is 6.52. The van der Waals surface area contributed by atoms with E-state index in [9.17, 15) is 14.7 Å². The summed E-state index contributed by atoms with van der Waals surface area (Å²) in [4.78, 5) is 35.8. The first-order valence-corrected chi connectivity index (χ1v) is 8.38. The van der Waals surface area contributed by atoms with Gasteiger partial charge in [-0.2, -0.15) is 0 Å². The predicted octanol–water partition coefficient (Wildman–Crippen LogP) is 2.85. The zero-order valence-electron chi connectivity index (χ0n) is 14.6. The van der Waals surface area contributed by atoms with Crippen LogP contribution in [0.1, 0.15) is 30.6 Å². The van der Waals surface area contributed by atoms with Gasteiger partial charge in [-0.1, -0.05) is 19.9 Å². The number of nitrogens with one attached hydrogen (secondary N) is 2. The number of H-pyrrole nitrogens is 1. The number of aromatic nitrogens is 3. The van der Waals surface area contributed by atoms with Crippen LogP contribution >= 0.6 is 0 Å². The molecule has 0 saturated carbocycles. The highest BCUT2D eigenvalue weighted by Gasteiger charge is 2.23. The number of aromatic amines is 1. The Kier molecular flexibility index (Phi) is 4.97. The van der Waals surface area contributed by atoms with E-state index in [1.54, 1.807) is 24.5 Å². The first kappa shape index (κ1) is 17.6. The summed E-state index contributed by atoms with van der Waals surface area (Å²) in [5, 5.41) is 11.9. The van der Waals surface area contributed by atoms with E-state index in [4.69, 9.17) is 0 Å². The summed E-state index contributed by atoms with van der Waals surface area (Å²) in [6.45, 7) is 3.83. The Morgan fingerprint density at radius 2 is 1.92 bits per heavy atom. The van der Waals surface area contributed by atoms with Crippen LogP contribution in [0, 0.1) is 5.92 Å². The maximum atomic E-state index is 12.7. The molecule has 26 heavy (non-hydrogen) atoms. The van der Waals surface area contributed by atoms with Crippen molar-refractivity contribution >= 4 is 22.9 Å². The number of rotatable bonds is 6. The van der Waals surface area contributed by atoms with Crippen molar-refractivity contribution in [3.8, 4) is 11.4 Å². The number of fused-ring (bicyclic) bond motifs is 1. The highest BCUT2D eigenvalue weighted by molar-refractivity contribution is 6.06. The van der Waals surface area contributed by atoms with E-state index >= 15 is 0 Å². The molecule has 134 valence electrons. The molecule has 0 saturated heterocycles. The van der Waals surface area contributed by atoms with E-state index in [1.807, 2.05) is 32.0 Å². The van der Waals surface area contributed by atoms with Crippen LogP contribution in [0.5, 0.6) is 0 Å². The van der Waals surface area contributed by atoms with Gasteiger partial charge in [0.05, 0.1) is 11.1 Å². The second-order valence-corrected chi connectivity index (χ2v) is 6.52. The molecule has 3 rings (SSSR count). The number of hydrogen-bond acceptors (Lipinski definition) is 4. The number of carboxylic acid groups (broad SMARTS) is 1. The summed E-state index contributed by atoms with van der Waals surface area (Å²) >= 11 is 0. The third-order valence-electron chi connectivity index (χ3n) is 4.02. The molecule has 2 aromatic heterocycles. The monoisotopic (exact) mass is 352 g/mol. The lowest BCUT2D eigenvalue weighted by Crippen LogP contribution is -2.41. The molecule has 7 heteroatoms. The van der Waals surface area contributed by atoms with Crippen LogP contribution in [0.2, 0.25) is 0 Å². The van der Waals surface area contributed by atoms with E-state index in [0.717, 1.165) is 5.56 Å². The van der Waals surface area contributed by atoms with Crippen LogP contribution in [0.15, 0.2) is 42.7 Å². The van der Waals surface area contributed by atoms with Gasteiger partial charge in [0.1, 0.15) is 17.4 Å². The molecule has 1 atom stereocenters. The first-order chi connectivity index (χ1) is 12.5. The Balaban J connectivity index is 1.93. The number of benzene rings is 1. The summed E-state index contributed by atoms with van der Waals surface area (Å²) in [5.41, 5.74) is 2.41. The molecule has 0 spiro atoms. The lowest BCUT2D eigenvalue weighted by Gasteiger charge is -2.16. The van der Waals surface area contributed by atoms with Gasteiger partial charge >= 0.3 is 5.97 Å². The molecule has 1 aromatic carbocycles. The van der Waals surface area contributed by atoms with Gasteiger partial charge in [-0.25, -0.2) is 9.78 Å². The number of aliphatic carboxylic acids is 1. The van der Waals surface area contributed by atoms with Gasteiger partial charge in [0, 0.05) is 18.0 Å². The standard InChI is InChI=1S/C19H20N4O3/c1-11(2)10-15(19(25)26)22-18(24)13-4-3-5-14-16(13)23-17(21-14)12-6-8-20-9-7-12/h3-9,11,15H,10H2,1-2H3,(H,21,23)(H,22,24)(H,25,26)/t15-/m0/s1. The summed E-state index contributed by atoms with van der Waals surface area (Å²) in [5.74, 6) is -0.717. The molecule has 3 aromatic rings. The molecule has 7 nitrogen and oxygen atoms in total. The van der Waals surface area contributed by atoms with E-state index in [2.05, 4.69) is 20.3 Å². The van der Waals surface area contributed by atoms with Crippen LogP contribution in [0.4, 0.5) is 0 Å². The Hall–Kier alpha value is -3.22. The lowest BCUT2D eigenvalue weighted by molar-refractivity contribution is -0.139. The van der Waals surface area contributed by atoms with Crippen molar-refractivity contribution in [2.24, 2.45) is 5.92 Å². The molecule has 0 radical (unpaired) electrons. The van der Waals surface area contributed by atoms with Crippen molar-refractivity contribution in [2.75, 3.05) is 0 Å². The number of para-hydroxylation sites is 1. The number of nitrogens with zero attached hydrogens (tertiary/aromatic N) is 2. The molecule has 2 heterocycles. The number of carbonyl (C=O) groups is 2. The molecule has 0 aliphatic carbocycles. The zero-order valence-corrected chi connectivity index (χ0v) is 14.6. The average Bonchev–Trinajstić information content (AvgIpc) is 3.05. The van der Waals surface area contributed by atoms with E-state index in [-0.39, 0.29) is 5.92 Å². The topological polar surface area (TPSA) is 108 Å². The third kappa shape index (κ3) is 3.72. The smallest absolute Gasteiger partial charge is 0.326 e. The fourth-order valence-electron chi connectivity index (χ4n) is 2.79. The Morgan fingerprint density at radius 3 is 2.58 bits per heavy atom. The quantitative estimate of drug-likeness (QED) is 0.632. The number of imidazole rings is 1. The number of hydrogen-bond donors (Lipinski definition) is 3. The highest BCUT2D eigenvalue weighted by Crippen LogP contribution is 2.22. The third-order valence-corrected chi connectivity index (χ3v) is 4.02. The number of carboxylic acids is 1. The molecule has 0 aliphatic rings. The van der Waals surface area contributed by atoms with Gasteiger partial charge in [0.25, 0.3) is 5.91 Å². The zero-order chi connectivity index (χ0) is 18.7. The van der Waals surface area contributed by atoms with Gasteiger partial charge < -0.3 is 15.4 Å². The molecular weight excluding hydrogens is 332 g/mol. The lowest BCUT2D eigenvalue weighted by atomic mass is 10.0. The largest absolute Gasteiger partial charge is 0.480 e. The molecule has 0 unspecified atom stereocenters. The fraction of sp³-hybridized carbons (Fsp3) is 0.263. The van der Waals surface area contributed by atoms with Crippen molar-refractivity contribution in [1.29, 1.82) is 0 Å². The van der Waals surface area contributed by atoms with E-state index in [1.165, 1.54) is 0 Å². The van der Waals surface area contributed by atoms with Crippen molar-refractivity contribution in [1.82, 2.24) is 20.3 Å². The molecule has 0 fully saturated rings. The number of carbonyl (C=O) groups excluding carboxylic acids is 1. The summed E-state index contributed by atoms with van der Waals surface area (Å²) in [6.07, 6.45) is 3.69. The van der Waals surface area contributed by atoms with Crippen LogP contribution in [0.3, 0.4) is 0 Å². The maximum Gasteiger partial charge on any atom is 0.326 e. The fourth-order valence-corrected chi connectivity index (χ4v) is 2.79. The highest BCUT2D eigenvalue weighted by atomic mass is 16.4. The molecular formula is C19H20N4O3. The molecule has 3 N–H and O–H groups in total. The van der Waals surface area contributed by atoms with Crippen LogP contribution in [0.25, 0.3) is 22.4 Å². The van der Waals surface area contributed by atoms with Crippen LogP contribution in [-0.4, -0.2) is 38.0 Å². The van der Waals surface area contributed by atoms with Gasteiger partial charge in [0.15, 0.2) is 0 Å². The minimum Gasteiger partial charge on any atom is -0.480 e. The van der Waals surface area contributed by atoms with Gasteiger partial charge in [-0.3, -0.25) is 9.78 Å². The van der Waals surface area contributed by atoms with Gasteiger partial charge in [0.2, 0.25) is 0 Å². The Bertz CT molecular complexity index is 934.